The monoisotopic (exact) mass is 361 g/mol. The number of halogens is 2. The predicted octanol–water partition coefficient (Wildman–Crippen LogP) is 2.60. The number of hydrogen-bond donors (Lipinski definition) is 2. The van der Waals surface area contributed by atoms with Crippen molar-refractivity contribution in [3.8, 4) is 0 Å². The standard InChI is InChI=1S/C17H27N3O.2ClH/c1-3-20(4-2)13-15-7-5-6-14(10-15)11-19-17(21)16-8-9-18-12-16;;/h5-7,10,16,18H,3-4,8-9,11-13H2,1-2H3,(H,19,21);2*1H. The second kappa shape index (κ2) is 11.7. The molecule has 0 bridgehead atoms. The SMILES string of the molecule is CCN(CC)Cc1cccc(CNC(=O)C2CCNC2)c1.Cl.Cl. The lowest BCUT2D eigenvalue weighted by atomic mass is 10.1. The zero-order valence-electron chi connectivity index (χ0n) is 14.0. The average molecular weight is 362 g/mol. The molecule has 0 aromatic heterocycles. The molecule has 1 saturated heterocycles. The van der Waals surface area contributed by atoms with E-state index in [4.69, 9.17) is 0 Å². The third-order valence-corrected chi connectivity index (χ3v) is 4.19. The lowest BCUT2D eigenvalue weighted by molar-refractivity contribution is -0.124. The van der Waals surface area contributed by atoms with Crippen molar-refractivity contribution in [2.24, 2.45) is 5.92 Å². The summed E-state index contributed by atoms with van der Waals surface area (Å²) in [6.45, 7) is 9.86. The van der Waals surface area contributed by atoms with Crippen LogP contribution in [-0.4, -0.2) is 37.0 Å². The van der Waals surface area contributed by atoms with E-state index in [1.54, 1.807) is 0 Å². The number of hydrogen-bond acceptors (Lipinski definition) is 3. The number of nitrogens with zero attached hydrogens (tertiary/aromatic N) is 1. The van der Waals surface area contributed by atoms with E-state index in [0.717, 1.165) is 39.1 Å². The third-order valence-electron chi connectivity index (χ3n) is 4.19. The first-order valence-corrected chi connectivity index (χ1v) is 8.01. The molecule has 1 aromatic rings. The Hall–Kier alpha value is -0.810. The van der Waals surface area contributed by atoms with Crippen LogP contribution in [0.3, 0.4) is 0 Å². The minimum Gasteiger partial charge on any atom is -0.352 e. The Morgan fingerprint density at radius 1 is 1.26 bits per heavy atom. The Bertz CT molecular complexity index is 461. The largest absolute Gasteiger partial charge is 0.352 e. The topological polar surface area (TPSA) is 44.4 Å². The molecule has 1 heterocycles. The summed E-state index contributed by atoms with van der Waals surface area (Å²) in [6.07, 6.45) is 0.952. The van der Waals surface area contributed by atoms with Gasteiger partial charge >= 0.3 is 0 Å². The predicted molar refractivity (Wildman–Crippen MR) is 100 cm³/mol. The first-order chi connectivity index (χ1) is 10.2. The van der Waals surface area contributed by atoms with Gasteiger partial charge in [0.2, 0.25) is 5.91 Å². The molecule has 1 fully saturated rings. The van der Waals surface area contributed by atoms with Gasteiger partial charge in [-0.3, -0.25) is 9.69 Å². The van der Waals surface area contributed by atoms with Gasteiger partial charge in [-0.15, -0.1) is 24.8 Å². The zero-order chi connectivity index (χ0) is 15.1. The minimum absolute atomic E-state index is 0. The van der Waals surface area contributed by atoms with Crippen LogP contribution < -0.4 is 10.6 Å². The Balaban J connectivity index is 0.00000242. The molecule has 23 heavy (non-hydrogen) atoms. The summed E-state index contributed by atoms with van der Waals surface area (Å²) >= 11 is 0. The van der Waals surface area contributed by atoms with Gasteiger partial charge in [0.25, 0.3) is 0 Å². The molecule has 0 aliphatic carbocycles. The fourth-order valence-corrected chi connectivity index (χ4v) is 2.76. The van der Waals surface area contributed by atoms with Gasteiger partial charge in [-0.2, -0.15) is 0 Å². The van der Waals surface area contributed by atoms with Crippen LogP contribution >= 0.6 is 24.8 Å². The molecular weight excluding hydrogens is 333 g/mol. The average Bonchev–Trinajstić information content (AvgIpc) is 3.05. The van der Waals surface area contributed by atoms with E-state index in [9.17, 15) is 4.79 Å². The molecule has 1 atom stereocenters. The van der Waals surface area contributed by atoms with E-state index in [-0.39, 0.29) is 36.6 Å². The molecule has 0 saturated carbocycles. The molecule has 132 valence electrons. The summed E-state index contributed by atoms with van der Waals surface area (Å²) in [5, 5.41) is 6.29. The van der Waals surface area contributed by atoms with Crippen molar-refractivity contribution in [1.82, 2.24) is 15.5 Å². The maximum atomic E-state index is 12.0. The van der Waals surface area contributed by atoms with Crippen LogP contribution in [0.15, 0.2) is 24.3 Å². The maximum absolute atomic E-state index is 12.0. The first-order valence-electron chi connectivity index (χ1n) is 8.01. The highest BCUT2D eigenvalue weighted by Gasteiger charge is 2.21. The normalized spacial score (nSPS) is 16.6. The summed E-state index contributed by atoms with van der Waals surface area (Å²) in [4.78, 5) is 14.4. The van der Waals surface area contributed by atoms with Gasteiger partial charge in [-0.1, -0.05) is 38.1 Å². The fourth-order valence-electron chi connectivity index (χ4n) is 2.76. The van der Waals surface area contributed by atoms with Crippen molar-refractivity contribution < 1.29 is 4.79 Å². The number of rotatable bonds is 7. The highest BCUT2D eigenvalue weighted by atomic mass is 35.5. The number of carbonyl (C=O) groups is 1. The second-order valence-corrected chi connectivity index (χ2v) is 5.69. The van der Waals surface area contributed by atoms with Gasteiger partial charge in [0.1, 0.15) is 0 Å². The number of nitrogens with one attached hydrogen (secondary N) is 2. The molecular formula is C17H29Cl2N3O. The molecule has 1 amide bonds. The molecule has 1 aromatic carbocycles. The van der Waals surface area contributed by atoms with Gasteiger partial charge in [-0.05, 0) is 37.2 Å². The highest BCUT2D eigenvalue weighted by molar-refractivity contribution is 5.85. The Morgan fingerprint density at radius 2 is 1.96 bits per heavy atom. The molecule has 0 spiro atoms. The number of carbonyl (C=O) groups excluding carboxylic acids is 1. The van der Waals surface area contributed by atoms with Crippen molar-refractivity contribution >= 4 is 30.7 Å². The molecule has 6 heteroatoms. The van der Waals surface area contributed by atoms with E-state index in [2.05, 4.69) is 53.6 Å². The highest BCUT2D eigenvalue weighted by Crippen LogP contribution is 2.10. The smallest absolute Gasteiger partial charge is 0.224 e. The maximum Gasteiger partial charge on any atom is 0.224 e. The molecule has 2 N–H and O–H groups in total. The van der Waals surface area contributed by atoms with Crippen molar-refractivity contribution in [3.63, 3.8) is 0 Å². The summed E-state index contributed by atoms with van der Waals surface area (Å²) in [6, 6.07) is 8.52. The van der Waals surface area contributed by atoms with Gasteiger partial charge in [0.15, 0.2) is 0 Å². The van der Waals surface area contributed by atoms with Crippen molar-refractivity contribution in [2.45, 2.75) is 33.4 Å². The van der Waals surface area contributed by atoms with E-state index in [1.807, 2.05) is 0 Å². The van der Waals surface area contributed by atoms with E-state index in [1.165, 1.54) is 11.1 Å². The molecule has 1 aliphatic rings. The van der Waals surface area contributed by atoms with Crippen LogP contribution in [0.25, 0.3) is 0 Å². The third kappa shape index (κ3) is 7.08. The van der Waals surface area contributed by atoms with Gasteiger partial charge in [0.05, 0.1) is 5.92 Å². The van der Waals surface area contributed by atoms with Crippen LogP contribution in [0.1, 0.15) is 31.4 Å². The van der Waals surface area contributed by atoms with Crippen molar-refractivity contribution in [3.05, 3.63) is 35.4 Å². The van der Waals surface area contributed by atoms with Crippen LogP contribution in [-0.2, 0) is 17.9 Å². The lowest BCUT2D eigenvalue weighted by Crippen LogP contribution is -2.31. The Morgan fingerprint density at radius 3 is 2.57 bits per heavy atom. The number of benzene rings is 1. The van der Waals surface area contributed by atoms with Crippen LogP contribution in [0, 0.1) is 5.92 Å². The molecule has 2 rings (SSSR count). The van der Waals surface area contributed by atoms with Gasteiger partial charge in [0, 0.05) is 19.6 Å². The fraction of sp³-hybridized carbons (Fsp3) is 0.588. The van der Waals surface area contributed by atoms with Crippen molar-refractivity contribution in [1.29, 1.82) is 0 Å². The molecule has 1 aliphatic heterocycles. The van der Waals surface area contributed by atoms with Gasteiger partial charge in [-0.25, -0.2) is 0 Å². The van der Waals surface area contributed by atoms with E-state index in [0.29, 0.717) is 6.54 Å². The van der Waals surface area contributed by atoms with E-state index >= 15 is 0 Å². The van der Waals surface area contributed by atoms with Crippen LogP contribution in [0.4, 0.5) is 0 Å². The summed E-state index contributed by atoms with van der Waals surface area (Å²) in [7, 11) is 0. The zero-order valence-corrected chi connectivity index (χ0v) is 15.6. The Kier molecular flexibility index (Phi) is 11.3. The Labute approximate surface area is 152 Å². The van der Waals surface area contributed by atoms with Crippen molar-refractivity contribution in [2.75, 3.05) is 26.2 Å². The minimum atomic E-state index is 0. The summed E-state index contributed by atoms with van der Waals surface area (Å²) in [5.74, 6) is 0.318. The molecule has 0 radical (unpaired) electrons. The molecule has 4 nitrogen and oxygen atoms in total. The first kappa shape index (κ1) is 22.2. The second-order valence-electron chi connectivity index (χ2n) is 5.69. The molecule has 1 unspecified atom stereocenters. The van der Waals surface area contributed by atoms with Gasteiger partial charge < -0.3 is 10.6 Å². The van der Waals surface area contributed by atoms with Crippen LogP contribution in [0.5, 0.6) is 0 Å². The van der Waals surface area contributed by atoms with E-state index < -0.39 is 0 Å². The van der Waals surface area contributed by atoms with Crippen LogP contribution in [0.2, 0.25) is 0 Å². The summed E-state index contributed by atoms with van der Waals surface area (Å²) < 4.78 is 0. The summed E-state index contributed by atoms with van der Waals surface area (Å²) in [5.41, 5.74) is 2.49. The lowest BCUT2D eigenvalue weighted by Gasteiger charge is -2.18. The quantitative estimate of drug-likeness (QED) is 0.784. The number of amides is 1.